The second-order valence-corrected chi connectivity index (χ2v) is 8.94. The second kappa shape index (κ2) is 9.61. The Balaban J connectivity index is 1.45. The molecular weight excluding hydrogens is 448 g/mol. The standard InChI is InChI=1S/C26H24N4O3S/c1-2-3-4-9-14-30-21-12-7-6-11-18(21)23(24(30)31)28-29-26-27-20(16-34-26)19-15-17-10-5-8-13-22(17)33-25(19)32/h5-8,10-13,15-16,31H,2-4,9,14H2,1H3. The van der Waals surface area contributed by atoms with Crippen molar-refractivity contribution in [2.24, 2.45) is 10.2 Å². The zero-order valence-electron chi connectivity index (χ0n) is 18.8. The first-order valence-corrected chi connectivity index (χ1v) is 12.2. The number of thiazole rings is 1. The van der Waals surface area contributed by atoms with Gasteiger partial charge in [0.05, 0.1) is 16.8 Å². The second-order valence-electron chi connectivity index (χ2n) is 8.10. The van der Waals surface area contributed by atoms with Crippen molar-refractivity contribution in [3.05, 3.63) is 70.4 Å². The average molecular weight is 473 g/mol. The first-order valence-electron chi connectivity index (χ1n) is 11.4. The fourth-order valence-corrected chi connectivity index (χ4v) is 4.70. The van der Waals surface area contributed by atoms with Crippen molar-refractivity contribution in [2.75, 3.05) is 0 Å². The largest absolute Gasteiger partial charge is 0.493 e. The van der Waals surface area contributed by atoms with Gasteiger partial charge in [0, 0.05) is 22.7 Å². The molecule has 3 aromatic heterocycles. The van der Waals surface area contributed by atoms with E-state index in [0.29, 0.717) is 27.7 Å². The molecular formula is C26H24N4O3S. The molecule has 1 N–H and O–H groups in total. The summed E-state index contributed by atoms with van der Waals surface area (Å²) in [4.78, 5) is 16.9. The Kier molecular flexibility index (Phi) is 6.22. The van der Waals surface area contributed by atoms with Crippen LogP contribution < -0.4 is 5.63 Å². The highest BCUT2D eigenvalue weighted by atomic mass is 32.1. The van der Waals surface area contributed by atoms with Crippen molar-refractivity contribution < 1.29 is 9.52 Å². The van der Waals surface area contributed by atoms with E-state index >= 15 is 0 Å². The third kappa shape index (κ3) is 4.24. The van der Waals surface area contributed by atoms with E-state index in [1.165, 1.54) is 17.8 Å². The molecule has 172 valence electrons. The predicted octanol–water partition coefficient (Wildman–Crippen LogP) is 7.57. The Morgan fingerprint density at radius 2 is 1.88 bits per heavy atom. The van der Waals surface area contributed by atoms with E-state index in [2.05, 4.69) is 22.1 Å². The summed E-state index contributed by atoms with van der Waals surface area (Å²) in [6.07, 6.45) is 4.44. The first-order chi connectivity index (χ1) is 16.7. The van der Waals surface area contributed by atoms with E-state index < -0.39 is 5.63 Å². The SMILES string of the molecule is CCCCCCn1c(O)c(N=Nc2nc(-c3cc4ccccc4oc3=O)cs2)c2ccccc21. The van der Waals surface area contributed by atoms with Crippen LogP contribution in [0.5, 0.6) is 5.88 Å². The highest BCUT2D eigenvalue weighted by Crippen LogP contribution is 2.40. The molecule has 0 bridgehead atoms. The summed E-state index contributed by atoms with van der Waals surface area (Å²) in [5.74, 6) is 0.105. The normalized spacial score (nSPS) is 11.8. The quantitative estimate of drug-likeness (QED) is 0.143. The van der Waals surface area contributed by atoms with Crippen LogP contribution >= 0.6 is 11.3 Å². The van der Waals surface area contributed by atoms with Gasteiger partial charge in [0.1, 0.15) is 5.58 Å². The van der Waals surface area contributed by atoms with Gasteiger partial charge in [-0.15, -0.1) is 21.6 Å². The number of benzene rings is 2. The highest BCUT2D eigenvalue weighted by molar-refractivity contribution is 7.13. The van der Waals surface area contributed by atoms with Crippen molar-refractivity contribution in [2.45, 2.75) is 39.2 Å². The number of aromatic nitrogens is 2. The molecule has 0 aliphatic rings. The average Bonchev–Trinajstić information content (AvgIpc) is 3.42. The summed E-state index contributed by atoms with van der Waals surface area (Å²) < 4.78 is 7.31. The van der Waals surface area contributed by atoms with Gasteiger partial charge in [-0.3, -0.25) is 0 Å². The number of aromatic hydroxyl groups is 1. The van der Waals surface area contributed by atoms with Crippen molar-refractivity contribution >= 4 is 44.0 Å². The molecule has 5 aromatic rings. The molecule has 7 nitrogen and oxygen atoms in total. The van der Waals surface area contributed by atoms with E-state index in [0.717, 1.165) is 42.1 Å². The molecule has 0 radical (unpaired) electrons. The van der Waals surface area contributed by atoms with E-state index in [9.17, 15) is 9.90 Å². The molecule has 8 heteroatoms. The number of aryl methyl sites for hydroxylation is 1. The van der Waals surface area contributed by atoms with Gasteiger partial charge in [-0.05, 0) is 24.6 Å². The topological polar surface area (TPSA) is 93.0 Å². The lowest BCUT2D eigenvalue weighted by Crippen LogP contribution is -2.02. The van der Waals surface area contributed by atoms with Crippen LogP contribution in [0.25, 0.3) is 33.1 Å². The van der Waals surface area contributed by atoms with Crippen molar-refractivity contribution in [1.29, 1.82) is 0 Å². The van der Waals surface area contributed by atoms with E-state index in [1.54, 1.807) is 17.5 Å². The monoisotopic (exact) mass is 472 g/mol. The minimum absolute atomic E-state index is 0.105. The number of unbranched alkanes of at least 4 members (excludes halogenated alkanes) is 3. The van der Waals surface area contributed by atoms with Crippen LogP contribution in [-0.2, 0) is 6.54 Å². The molecule has 0 unspecified atom stereocenters. The fraction of sp³-hybridized carbons (Fsp3) is 0.231. The Labute approximate surface area is 200 Å². The number of hydrogen-bond donors (Lipinski definition) is 1. The third-order valence-corrected chi connectivity index (χ3v) is 6.52. The predicted molar refractivity (Wildman–Crippen MR) is 136 cm³/mol. The number of azo groups is 1. The maximum atomic E-state index is 12.5. The zero-order valence-corrected chi connectivity index (χ0v) is 19.6. The van der Waals surface area contributed by atoms with E-state index in [4.69, 9.17) is 4.42 Å². The van der Waals surface area contributed by atoms with Gasteiger partial charge in [0.2, 0.25) is 11.0 Å². The molecule has 0 saturated heterocycles. The maximum Gasteiger partial charge on any atom is 0.345 e. The molecule has 2 aromatic carbocycles. The zero-order chi connectivity index (χ0) is 23.5. The summed E-state index contributed by atoms with van der Waals surface area (Å²) in [7, 11) is 0. The Bertz CT molecular complexity index is 1550. The lowest BCUT2D eigenvalue weighted by Gasteiger charge is -2.06. The van der Waals surface area contributed by atoms with E-state index in [-0.39, 0.29) is 5.88 Å². The molecule has 0 fully saturated rings. The maximum absolute atomic E-state index is 12.5. The van der Waals surface area contributed by atoms with Gasteiger partial charge < -0.3 is 14.1 Å². The first kappa shape index (κ1) is 22.0. The summed E-state index contributed by atoms with van der Waals surface area (Å²) >= 11 is 1.27. The van der Waals surface area contributed by atoms with Crippen molar-refractivity contribution in [3.8, 4) is 17.1 Å². The lowest BCUT2D eigenvalue weighted by atomic mass is 10.1. The fourth-order valence-electron chi connectivity index (χ4n) is 4.06. The summed E-state index contributed by atoms with van der Waals surface area (Å²) in [5, 5.41) is 23.3. The Morgan fingerprint density at radius 3 is 2.76 bits per heavy atom. The summed E-state index contributed by atoms with van der Waals surface area (Å²) in [5.41, 5.74) is 2.31. The molecule has 0 aliphatic heterocycles. The van der Waals surface area contributed by atoms with Crippen LogP contribution in [0.4, 0.5) is 10.8 Å². The lowest BCUT2D eigenvalue weighted by molar-refractivity contribution is 0.416. The van der Waals surface area contributed by atoms with Gasteiger partial charge in [0.25, 0.3) is 0 Å². The highest BCUT2D eigenvalue weighted by Gasteiger charge is 2.17. The van der Waals surface area contributed by atoms with Gasteiger partial charge in [-0.25, -0.2) is 9.78 Å². The molecule has 0 saturated carbocycles. The number of rotatable bonds is 8. The minimum atomic E-state index is -0.448. The van der Waals surface area contributed by atoms with Crippen LogP contribution in [0.1, 0.15) is 32.6 Å². The van der Waals surface area contributed by atoms with Gasteiger partial charge in [-0.1, -0.05) is 62.6 Å². The molecule has 34 heavy (non-hydrogen) atoms. The molecule has 0 aliphatic carbocycles. The smallest absolute Gasteiger partial charge is 0.345 e. The van der Waals surface area contributed by atoms with Gasteiger partial charge in [-0.2, -0.15) is 0 Å². The van der Waals surface area contributed by atoms with Crippen LogP contribution in [0.2, 0.25) is 0 Å². The molecule has 5 rings (SSSR count). The van der Waals surface area contributed by atoms with Crippen LogP contribution in [0.3, 0.4) is 0 Å². The van der Waals surface area contributed by atoms with Crippen molar-refractivity contribution in [1.82, 2.24) is 9.55 Å². The molecule has 0 spiro atoms. The summed E-state index contributed by atoms with van der Waals surface area (Å²) in [6, 6.07) is 16.9. The van der Waals surface area contributed by atoms with Crippen LogP contribution in [-0.4, -0.2) is 14.7 Å². The number of para-hydroxylation sites is 2. The number of hydrogen-bond acceptors (Lipinski definition) is 7. The number of nitrogens with zero attached hydrogens (tertiary/aromatic N) is 4. The van der Waals surface area contributed by atoms with Gasteiger partial charge >= 0.3 is 5.63 Å². The van der Waals surface area contributed by atoms with E-state index in [1.807, 2.05) is 47.0 Å². The van der Waals surface area contributed by atoms with Crippen LogP contribution in [0, 0.1) is 0 Å². The van der Waals surface area contributed by atoms with Crippen LogP contribution in [0.15, 0.2) is 79.4 Å². The number of fused-ring (bicyclic) bond motifs is 2. The van der Waals surface area contributed by atoms with Crippen molar-refractivity contribution in [3.63, 3.8) is 0 Å². The molecule has 0 amide bonds. The molecule has 0 atom stereocenters. The Hall–Kier alpha value is -3.78. The summed E-state index contributed by atoms with van der Waals surface area (Å²) in [6.45, 7) is 2.90. The molecule has 3 heterocycles. The minimum Gasteiger partial charge on any atom is -0.493 e. The Morgan fingerprint density at radius 1 is 1.06 bits per heavy atom. The third-order valence-electron chi connectivity index (χ3n) is 5.80. The van der Waals surface area contributed by atoms with Gasteiger partial charge in [0.15, 0.2) is 5.69 Å².